The van der Waals surface area contributed by atoms with Crippen molar-refractivity contribution in [3.63, 3.8) is 0 Å². The molecular weight excluding hydrogens is 284 g/mol. The number of nitrogens with zero attached hydrogens (tertiary/aromatic N) is 1. The third-order valence-corrected chi connectivity index (χ3v) is 4.30. The number of primary amides is 1. The average molecular weight is 304 g/mol. The van der Waals surface area contributed by atoms with Gasteiger partial charge in [-0.25, -0.2) is 0 Å². The number of ether oxygens (including phenoxy) is 2. The van der Waals surface area contributed by atoms with Gasteiger partial charge in [-0.15, -0.1) is 0 Å². The van der Waals surface area contributed by atoms with Gasteiger partial charge in [0, 0.05) is 12.1 Å². The third kappa shape index (κ3) is 3.06. The molecule has 0 spiro atoms. The molecule has 6 heteroatoms. The van der Waals surface area contributed by atoms with E-state index in [4.69, 9.17) is 15.2 Å². The number of amides is 2. The number of nitrogens with two attached hydrogens (primary N) is 1. The van der Waals surface area contributed by atoms with Crippen LogP contribution in [0.1, 0.15) is 29.6 Å². The first-order valence-electron chi connectivity index (χ1n) is 7.59. The first-order valence-corrected chi connectivity index (χ1v) is 7.59. The molecule has 118 valence electrons. The highest BCUT2D eigenvalue weighted by Crippen LogP contribution is 2.29. The monoisotopic (exact) mass is 304 g/mol. The number of hydrogen-bond donors (Lipinski definition) is 1. The maximum atomic E-state index is 12.4. The molecule has 1 saturated carbocycles. The minimum Gasteiger partial charge on any atom is -0.484 e. The molecule has 1 aliphatic carbocycles. The fourth-order valence-electron chi connectivity index (χ4n) is 3.18. The van der Waals surface area contributed by atoms with E-state index in [9.17, 15) is 9.59 Å². The number of hydrogen-bond acceptors (Lipinski definition) is 4. The Labute approximate surface area is 129 Å². The van der Waals surface area contributed by atoms with Gasteiger partial charge in [-0.2, -0.15) is 0 Å². The predicted molar refractivity (Wildman–Crippen MR) is 79.5 cm³/mol. The Kier molecular flexibility index (Phi) is 4.29. The Morgan fingerprint density at radius 1 is 1.27 bits per heavy atom. The Morgan fingerprint density at radius 3 is 2.77 bits per heavy atom. The molecule has 3 rings (SSSR count). The highest BCUT2D eigenvalue weighted by Gasteiger charge is 2.38. The second kappa shape index (κ2) is 6.36. The van der Waals surface area contributed by atoms with Gasteiger partial charge in [-0.1, -0.05) is 0 Å². The van der Waals surface area contributed by atoms with Gasteiger partial charge in [-0.05, 0) is 43.5 Å². The van der Waals surface area contributed by atoms with Crippen molar-refractivity contribution < 1.29 is 19.1 Å². The molecule has 1 aromatic carbocycles. The van der Waals surface area contributed by atoms with Gasteiger partial charge in [0.25, 0.3) is 5.91 Å². The maximum Gasteiger partial charge on any atom is 0.260 e. The summed E-state index contributed by atoms with van der Waals surface area (Å²) in [5.41, 5.74) is 5.60. The normalized spacial score (nSPS) is 23.9. The molecule has 1 heterocycles. The van der Waals surface area contributed by atoms with Crippen LogP contribution >= 0.6 is 0 Å². The van der Waals surface area contributed by atoms with Crippen LogP contribution in [0.4, 0.5) is 0 Å². The lowest BCUT2D eigenvalue weighted by Gasteiger charge is -2.37. The Balaban J connectivity index is 1.56. The summed E-state index contributed by atoms with van der Waals surface area (Å²) >= 11 is 0. The van der Waals surface area contributed by atoms with Crippen LogP contribution in [0.2, 0.25) is 0 Å². The van der Waals surface area contributed by atoms with Gasteiger partial charge < -0.3 is 20.1 Å². The SMILES string of the molecule is NC(=O)c1ccc(OCC(=O)N2CCOC3CCCC32)cc1. The van der Waals surface area contributed by atoms with Gasteiger partial charge in [0.05, 0.1) is 18.8 Å². The van der Waals surface area contributed by atoms with E-state index in [1.807, 2.05) is 4.90 Å². The van der Waals surface area contributed by atoms with Crippen molar-refractivity contribution in [2.75, 3.05) is 19.8 Å². The van der Waals surface area contributed by atoms with E-state index in [-0.39, 0.29) is 24.7 Å². The standard InChI is InChI=1S/C16H20N2O4/c17-16(20)11-4-6-12(7-5-11)22-10-15(19)18-8-9-21-14-3-1-2-13(14)18/h4-7,13-14H,1-3,8-10H2,(H2,17,20). The highest BCUT2D eigenvalue weighted by atomic mass is 16.5. The number of carbonyl (C=O) groups is 2. The molecule has 22 heavy (non-hydrogen) atoms. The molecule has 0 radical (unpaired) electrons. The Bertz CT molecular complexity index is 558. The minimum absolute atomic E-state index is 0.000855. The van der Waals surface area contributed by atoms with Crippen LogP contribution in [-0.4, -0.2) is 48.6 Å². The maximum absolute atomic E-state index is 12.4. The van der Waals surface area contributed by atoms with E-state index in [1.165, 1.54) is 0 Å². The van der Waals surface area contributed by atoms with Crippen molar-refractivity contribution in [2.24, 2.45) is 5.73 Å². The summed E-state index contributed by atoms with van der Waals surface area (Å²) in [5.74, 6) is 0.0528. The summed E-state index contributed by atoms with van der Waals surface area (Å²) in [5, 5.41) is 0. The van der Waals surface area contributed by atoms with Crippen molar-refractivity contribution >= 4 is 11.8 Å². The second-order valence-corrected chi connectivity index (χ2v) is 5.67. The molecule has 2 unspecified atom stereocenters. The topological polar surface area (TPSA) is 81.9 Å². The van der Waals surface area contributed by atoms with Crippen LogP contribution in [0.15, 0.2) is 24.3 Å². The highest BCUT2D eigenvalue weighted by molar-refractivity contribution is 5.92. The number of rotatable bonds is 4. The van der Waals surface area contributed by atoms with Gasteiger partial charge in [0.1, 0.15) is 5.75 Å². The lowest BCUT2D eigenvalue weighted by atomic mass is 10.1. The first-order chi connectivity index (χ1) is 10.6. The molecule has 6 nitrogen and oxygen atoms in total. The van der Waals surface area contributed by atoms with E-state index in [1.54, 1.807) is 24.3 Å². The number of carbonyl (C=O) groups excluding carboxylic acids is 2. The molecular formula is C16H20N2O4. The molecule has 2 amide bonds. The summed E-state index contributed by atoms with van der Waals surface area (Å²) in [6.45, 7) is 1.23. The van der Waals surface area contributed by atoms with Crippen molar-refractivity contribution in [1.82, 2.24) is 4.90 Å². The summed E-state index contributed by atoms with van der Waals surface area (Å²) < 4.78 is 11.2. The molecule has 2 aliphatic rings. The molecule has 1 saturated heterocycles. The molecule has 2 N–H and O–H groups in total. The number of benzene rings is 1. The van der Waals surface area contributed by atoms with Crippen LogP contribution in [0, 0.1) is 0 Å². The zero-order valence-corrected chi connectivity index (χ0v) is 12.4. The van der Waals surface area contributed by atoms with E-state index < -0.39 is 5.91 Å². The molecule has 1 aliphatic heterocycles. The first kappa shape index (κ1) is 14.8. The van der Waals surface area contributed by atoms with Crippen LogP contribution < -0.4 is 10.5 Å². The van der Waals surface area contributed by atoms with E-state index >= 15 is 0 Å². The van der Waals surface area contributed by atoms with E-state index in [2.05, 4.69) is 0 Å². The largest absolute Gasteiger partial charge is 0.484 e. The molecule has 0 aromatic heterocycles. The van der Waals surface area contributed by atoms with Gasteiger partial charge in [-0.3, -0.25) is 9.59 Å². The Morgan fingerprint density at radius 2 is 2.05 bits per heavy atom. The van der Waals surface area contributed by atoms with Crippen molar-refractivity contribution in [3.8, 4) is 5.75 Å². The zero-order valence-electron chi connectivity index (χ0n) is 12.4. The van der Waals surface area contributed by atoms with E-state index in [0.717, 1.165) is 19.3 Å². The molecule has 2 fully saturated rings. The smallest absolute Gasteiger partial charge is 0.260 e. The van der Waals surface area contributed by atoms with Crippen LogP contribution in [0.5, 0.6) is 5.75 Å². The summed E-state index contributed by atoms with van der Waals surface area (Å²) in [6.07, 6.45) is 3.33. The summed E-state index contributed by atoms with van der Waals surface area (Å²) in [7, 11) is 0. The number of morpholine rings is 1. The van der Waals surface area contributed by atoms with Gasteiger partial charge >= 0.3 is 0 Å². The number of fused-ring (bicyclic) bond motifs is 1. The Hall–Kier alpha value is -2.08. The quantitative estimate of drug-likeness (QED) is 0.897. The van der Waals surface area contributed by atoms with Crippen LogP contribution in [0.25, 0.3) is 0 Å². The average Bonchev–Trinajstić information content (AvgIpc) is 3.01. The molecule has 1 aromatic rings. The van der Waals surface area contributed by atoms with Crippen LogP contribution in [-0.2, 0) is 9.53 Å². The lowest BCUT2D eigenvalue weighted by molar-refractivity contribution is -0.146. The second-order valence-electron chi connectivity index (χ2n) is 5.67. The fourth-order valence-corrected chi connectivity index (χ4v) is 3.18. The van der Waals surface area contributed by atoms with E-state index in [0.29, 0.717) is 24.5 Å². The molecule has 2 atom stereocenters. The minimum atomic E-state index is -0.483. The lowest BCUT2D eigenvalue weighted by Crippen LogP contribution is -2.52. The summed E-state index contributed by atoms with van der Waals surface area (Å²) in [6, 6.07) is 6.66. The third-order valence-electron chi connectivity index (χ3n) is 4.30. The zero-order chi connectivity index (χ0) is 15.5. The summed E-state index contributed by atoms with van der Waals surface area (Å²) in [4.78, 5) is 25.2. The van der Waals surface area contributed by atoms with Crippen molar-refractivity contribution in [2.45, 2.75) is 31.4 Å². The van der Waals surface area contributed by atoms with Gasteiger partial charge in [0.15, 0.2) is 6.61 Å². The fraction of sp³-hybridized carbons (Fsp3) is 0.500. The van der Waals surface area contributed by atoms with Crippen molar-refractivity contribution in [3.05, 3.63) is 29.8 Å². The predicted octanol–water partition coefficient (Wildman–Crippen LogP) is 0.944. The molecule has 0 bridgehead atoms. The van der Waals surface area contributed by atoms with Crippen molar-refractivity contribution in [1.29, 1.82) is 0 Å². The van der Waals surface area contributed by atoms with Gasteiger partial charge in [0.2, 0.25) is 5.91 Å². The van der Waals surface area contributed by atoms with Crippen LogP contribution in [0.3, 0.4) is 0 Å².